The smallest absolute Gasteiger partial charge is 0.417 e. The maximum atomic E-state index is 13.8. The van der Waals surface area contributed by atoms with Gasteiger partial charge in [0.1, 0.15) is 5.52 Å². The number of rotatable bonds is 3. The molecule has 1 unspecified atom stereocenters. The molecule has 1 atom stereocenters. The second-order valence-corrected chi connectivity index (χ2v) is 7.16. The number of halogens is 5. The molecule has 1 saturated heterocycles. The van der Waals surface area contributed by atoms with Gasteiger partial charge in [-0.2, -0.15) is 22.5 Å². The maximum Gasteiger partial charge on any atom is 0.417 e. The predicted octanol–water partition coefficient (Wildman–Crippen LogP) is 4.76. The van der Waals surface area contributed by atoms with Gasteiger partial charge in [-0.25, -0.2) is 4.39 Å². The summed E-state index contributed by atoms with van der Waals surface area (Å²) in [6.07, 6.45) is -4.22. The average Bonchev–Trinajstić information content (AvgIpc) is 3.30. The number of aryl methyl sites for hydroxylation is 1. The molecule has 4 rings (SSSR count). The van der Waals surface area contributed by atoms with Gasteiger partial charge < -0.3 is 14.6 Å². The molecule has 0 bridgehead atoms. The molecule has 1 amide bonds. The fourth-order valence-electron chi connectivity index (χ4n) is 3.49. The van der Waals surface area contributed by atoms with E-state index in [-0.39, 0.29) is 36.2 Å². The van der Waals surface area contributed by atoms with Gasteiger partial charge in [-0.1, -0.05) is 11.6 Å². The van der Waals surface area contributed by atoms with Crippen LogP contribution in [0.1, 0.15) is 27.9 Å². The average molecular weight is 425 g/mol. The quantitative estimate of drug-likeness (QED) is 0.615. The molecule has 0 saturated carbocycles. The van der Waals surface area contributed by atoms with Crippen molar-refractivity contribution < 1.29 is 31.2 Å². The van der Waals surface area contributed by atoms with Crippen molar-refractivity contribution in [2.45, 2.75) is 25.6 Å². The second kappa shape index (κ2) is 7.26. The molecule has 1 N–H and O–H groups in total. The Morgan fingerprint density at radius 2 is 2.00 bits per heavy atom. The van der Waals surface area contributed by atoms with Gasteiger partial charge in [0.25, 0.3) is 11.9 Å². The van der Waals surface area contributed by atoms with Crippen LogP contribution in [0.2, 0.25) is 0 Å². The Morgan fingerprint density at radius 3 is 2.73 bits per heavy atom. The summed E-state index contributed by atoms with van der Waals surface area (Å²) in [5.41, 5.74) is -1.05. The van der Waals surface area contributed by atoms with E-state index in [1.807, 2.05) is 0 Å². The van der Waals surface area contributed by atoms with Gasteiger partial charge in [0, 0.05) is 19.1 Å². The number of carbonyl (C=O) groups is 1. The first kappa shape index (κ1) is 20.1. The Morgan fingerprint density at radius 1 is 1.23 bits per heavy atom. The summed E-state index contributed by atoms with van der Waals surface area (Å²) in [4.78, 5) is 18.1. The van der Waals surface area contributed by atoms with Crippen LogP contribution < -0.4 is 5.32 Å². The van der Waals surface area contributed by atoms with Gasteiger partial charge in [0.05, 0.1) is 11.1 Å². The fourth-order valence-corrected chi connectivity index (χ4v) is 3.49. The number of alkyl halides is 3. The highest BCUT2D eigenvalue weighted by molar-refractivity contribution is 5.96. The lowest BCUT2D eigenvalue weighted by Crippen LogP contribution is -2.33. The van der Waals surface area contributed by atoms with Crippen LogP contribution in [0.4, 0.5) is 28.0 Å². The van der Waals surface area contributed by atoms with Crippen LogP contribution in [0, 0.1) is 18.6 Å². The Hall–Kier alpha value is -3.17. The van der Waals surface area contributed by atoms with Crippen LogP contribution in [0.3, 0.4) is 0 Å². The first-order valence-electron chi connectivity index (χ1n) is 9.11. The summed E-state index contributed by atoms with van der Waals surface area (Å²) in [6, 6.07) is 5.21. The number of benzene rings is 2. The summed E-state index contributed by atoms with van der Waals surface area (Å²) in [7, 11) is 0. The van der Waals surface area contributed by atoms with E-state index in [0.29, 0.717) is 12.0 Å². The molecule has 1 fully saturated rings. The summed E-state index contributed by atoms with van der Waals surface area (Å²) < 4.78 is 72.2. The molecule has 1 aromatic heterocycles. The van der Waals surface area contributed by atoms with Gasteiger partial charge >= 0.3 is 6.18 Å². The number of fused-ring (bicyclic) bond motifs is 1. The number of hydrogen-bond donors (Lipinski definition) is 1. The zero-order chi connectivity index (χ0) is 21.6. The highest BCUT2D eigenvalue weighted by Crippen LogP contribution is 2.33. The largest absolute Gasteiger partial charge is 0.420 e. The normalized spacial score (nSPS) is 17.0. The highest BCUT2D eigenvalue weighted by atomic mass is 19.4. The molecule has 2 heterocycles. The van der Waals surface area contributed by atoms with Crippen LogP contribution in [0.5, 0.6) is 0 Å². The van der Waals surface area contributed by atoms with E-state index in [0.717, 1.165) is 12.1 Å². The molecule has 3 aromatic rings. The van der Waals surface area contributed by atoms with Crippen LogP contribution in [0.25, 0.3) is 11.1 Å². The number of anilines is 1. The summed E-state index contributed by atoms with van der Waals surface area (Å²) in [5, 5.41) is 2.89. The van der Waals surface area contributed by atoms with Gasteiger partial charge in [0.2, 0.25) is 5.82 Å². The summed E-state index contributed by atoms with van der Waals surface area (Å²) in [6.45, 7) is 1.95. The number of carbonyl (C=O) groups excluding carboxylic acids is 1. The summed E-state index contributed by atoms with van der Waals surface area (Å²) >= 11 is 0. The third-order valence-corrected chi connectivity index (χ3v) is 4.96. The van der Waals surface area contributed by atoms with E-state index >= 15 is 0 Å². The number of oxazole rings is 1. The fraction of sp³-hybridized carbons (Fsp3) is 0.300. The van der Waals surface area contributed by atoms with Crippen molar-refractivity contribution in [1.82, 2.24) is 9.88 Å². The minimum atomic E-state index is -4.65. The maximum absolute atomic E-state index is 13.8. The zero-order valence-electron chi connectivity index (χ0n) is 15.7. The van der Waals surface area contributed by atoms with Crippen LogP contribution in [0.15, 0.2) is 34.7 Å². The molecule has 158 valence electrons. The van der Waals surface area contributed by atoms with Gasteiger partial charge in [-0.15, -0.1) is 0 Å². The van der Waals surface area contributed by atoms with Crippen molar-refractivity contribution in [2.24, 2.45) is 0 Å². The Balaban J connectivity index is 1.51. The Kier molecular flexibility index (Phi) is 4.87. The Bertz CT molecular complexity index is 1130. The van der Waals surface area contributed by atoms with Crippen LogP contribution >= 0.6 is 0 Å². The molecular weight excluding hydrogens is 409 g/mol. The highest BCUT2D eigenvalue weighted by Gasteiger charge is 2.37. The number of aromatic nitrogens is 1. The van der Waals surface area contributed by atoms with Crippen molar-refractivity contribution in [3.05, 3.63) is 58.7 Å². The minimum absolute atomic E-state index is 0.0552. The van der Waals surface area contributed by atoms with Gasteiger partial charge in [-0.05, 0) is 37.6 Å². The van der Waals surface area contributed by atoms with E-state index in [9.17, 15) is 26.7 Å². The second-order valence-electron chi connectivity index (χ2n) is 7.16. The zero-order valence-corrected chi connectivity index (χ0v) is 15.7. The molecule has 30 heavy (non-hydrogen) atoms. The van der Waals surface area contributed by atoms with E-state index in [1.165, 1.54) is 23.1 Å². The van der Waals surface area contributed by atoms with Crippen LogP contribution in [-0.2, 0) is 6.18 Å². The molecule has 1 aliphatic heterocycles. The summed E-state index contributed by atoms with van der Waals surface area (Å²) in [5.74, 6) is -2.95. The van der Waals surface area contributed by atoms with Gasteiger partial charge in [0.15, 0.2) is 11.4 Å². The van der Waals surface area contributed by atoms with E-state index < -0.39 is 34.8 Å². The van der Waals surface area contributed by atoms with Crippen molar-refractivity contribution in [2.75, 3.05) is 18.4 Å². The monoisotopic (exact) mass is 425 g/mol. The van der Waals surface area contributed by atoms with Crippen LogP contribution in [-0.4, -0.2) is 34.9 Å². The molecule has 10 heteroatoms. The predicted molar refractivity (Wildman–Crippen MR) is 98.0 cm³/mol. The minimum Gasteiger partial charge on any atom is -0.420 e. The number of nitrogens with zero attached hydrogens (tertiary/aromatic N) is 2. The Labute approximate surface area is 167 Å². The first-order valence-corrected chi connectivity index (χ1v) is 9.11. The lowest BCUT2D eigenvalue weighted by atomic mass is 10.0. The number of likely N-dealkylation sites (tertiary alicyclic amines) is 1. The van der Waals surface area contributed by atoms with Crippen molar-refractivity contribution >= 4 is 23.0 Å². The number of hydrogen-bond acceptors (Lipinski definition) is 4. The van der Waals surface area contributed by atoms with E-state index in [1.54, 1.807) is 6.92 Å². The van der Waals surface area contributed by atoms with E-state index in [2.05, 4.69) is 10.3 Å². The molecule has 0 spiro atoms. The molecular formula is C20H16F5N3O2. The molecule has 2 aromatic carbocycles. The topological polar surface area (TPSA) is 58.4 Å². The number of amides is 1. The van der Waals surface area contributed by atoms with Gasteiger partial charge in [-0.3, -0.25) is 4.79 Å². The van der Waals surface area contributed by atoms with E-state index in [4.69, 9.17) is 4.42 Å². The molecule has 1 aliphatic rings. The van der Waals surface area contributed by atoms with Crippen molar-refractivity contribution in [1.29, 1.82) is 0 Å². The standard InChI is InChI=1S/C20H16F5N3O2/c1-10-2-3-13(20(23,24)25)12(8-10)18(29)28-7-6-11(9-28)26-19-27-15-5-4-14(21)16(22)17(15)30-19/h2-5,8,11H,6-7,9H2,1H3,(H,26,27). The third-order valence-electron chi connectivity index (χ3n) is 4.96. The van der Waals surface area contributed by atoms with Crippen molar-refractivity contribution in [3.8, 4) is 0 Å². The molecule has 5 nitrogen and oxygen atoms in total. The third kappa shape index (κ3) is 3.69. The molecule has 0 radical (unpaired) electrons. The SMILES string of the molecule is Cc1ccc(C(F)(F)F)c(C(=O)N2CCC(Nc3nc4ccc(F)c(F)c4o3)C2)c1. The lowest BCUT2D eigenvalue weighted by molar-refractivity contribution is -0.138. The van der Waals surface area contributed by atoms with Crippen molar-refractivity contribution in [3.63, 3.8) is 0 Å². The number of nitrogens with one attached hydrogen (secondary N) is 1. The first-order chi connectivity index (χ1) is 14.1. The molecule has 0 aliphatic carbocycles. The lowest BCUT2D eigenvalue weighted by Gasteiger charge is -2.20.